The third-order valence-electron chi connectivity index (χ3n) is 3.70. The van der Waals surface area contributed by atoms with E-state index in [1.54, 1.807) is 6.20 Å². The summed E-state index contributed by atoms with van der Waals surface area (Å²) in [4.78, 5) is 4.31. The zero-order valence-electron chi connectivity index (χ0n) is 10.9. The lowest BCUT2D eigenvalue weighted by Crippen LogP contribution is -2.36. The summed E-state index contributed by atoms with van der Waals surface area (Å²) in [5.74, 6) is 0.827. The first-order valence-electron chi connectivity index (χ1n) is 6.68. The van der Waals surface area contributed by atoms with Crippen LogP contribution in [0.5, 0.6) is 0 Å². The van der Waals surface area contributed by atoms with Gasteiger partial charge in [0.2, 0.25) is 0 Å². The Bertz CT molecular complexity index is 401. The van der Waals surface area contributed by atoms with E-state index >= 15 is 0 Å². The lowest BCUT2D eigenvalue weighted by molar-refractivity contribution is 0.0380. The summed E-state index contributed by atoms with van der Waals surface area (Å²) in [5.41, 5.74) is 0.585. The normalized spacial score (nSPS) is 19.3. The lowest BCUT2D eigenvalue weighted by Gasteiger charge is -2.27. The number of anilines is 1. The summed E-state index contributed by atoms with van der Waals surface area (Å²) >= 11 is 3.53. The summed E-state index contributed by atoms with van der Waals surface area (Å²) in [6.45, 7) is 2.62. The SMILES string of the molecule is Cc1ccnc(NCC2(O)CCCCCC2)c1Br. The van der Waals surface area contributed by atoms with E-state index in [-0.39, 0.29) is 0 Å². The molecule has 0 aliphatic heterocycles. The molecule has 2 N–H and O–H groups in total. The van der Waals surface area contributed by atoms with Crippen molar-refractivity contribution in [3.8, 4) is 0 Å². The number of hydrogen-bond donors (Lipinski definition) is 2. The van der Waals surface area contributed by atoms with Gasteiger partial charge >= 0.3 is 0 Å². The Morgan fingerprint density at radius 2 is 2.00 bits per heavy atom. The summed E-state index contributed by atoms with van der Waals surface area (Å²) in [6.07, 6.45) is 8.32. The second-order valence-corrected chi connectivity index (χ2v) is 6.08. The highest BCUT2D eigenvalue weighted by Gasteiger charge is 2.27. The molecule has 0 spiro atoms. The average molecular weight is 313 g/mol. The highest BCUT2D eigenvalue weighted by atomic mass is 79.9. The van der Waals surface area contributed by atoms with Crippen molar-refractivity contribution in [2.24, 2.45) is 0 Å². The fraction of sp³-hybridized carbons (Fsp3) is 0.643. The largest absolute Gasteiger partial charge is 0.388 e. The number of nitrogens with one attached hydrogen (secondary N) is 1. The van der Waals surface area contributed by atoms with Crippen molar-refractivity contribution >= 4 is 21.7 Å². The van der Waals surface area contributed by atoms with Gasteiger partial charge in [0.15, 0.2) is 0 Å². The molecule has 1 aliphatic rings. The zero-order valence-corrected chi connectivity index (χ0v) is 12.5. The van der Waals surface area contributed by atoms with Gasteiger partial charge in [-0.2, -0.15) is 0 Å². The Morgan fingerprint density at radius 1 is 1.33 bits per heavy atom. The van der Waals surface area contributed by atoms with Gasteiger partial charge in [0.25, 0.3) is 0 Å². The lowest BCUT2D eigenvalue weighted by atomic mass is 9.94. The first-order chi connectivity index (χ1) is 8.61. The number of rotatable bonds is 3. The summed E-state index contributed by atoms with van der Waals surface area (Å²) in [6, 6.07) is 1.97. The van der Waals surface area contributed by atoms with E-state index < -0.39 is 5.60 Å². The Balaban J connectivity index is 1.99. The second-order valence-electron chi connectivity index (χ2n) is 5.28. The monoisotopic (exact) mass is 312 g/mol. The first-order valence-corrected chi connectivity index (χ1v) is 7.47. The van der Waals surface area contributed by atoms with Gasteiger partial charge in [-0.25, -0.2) is 4.98 Å². The minimum Gasteiger partial charge on any atom is -0.388 e. The maximum absolute atomic E-state index is 10.6. The van der Waals surface area contributed by atoms with E-state index in [0.717, 1.165) is 41.5 Å². The Morgan fingerprint density at radius 3 is 2.67 bits per heavy atom. The maximum Gasteiger partial charge on any atom is 0.140 e. The molecule has 0 radical (unpaired) electrons. The van der Waals surface area contributed by atoms with E-state index in [9.17, 15) is 5.11 Å². The van der Waals surface area contributed by atoms with E-state index in [4.69, 9.17) is 0 Å². The average Bonchev–Trinajstić information content (AvgIpc) is 2.57. The van der Waals surface area contributed by atoms with Crippen LogP contribution in [0.2, 0.25) is 0 Å². The number of pyridine rings is 1. The molecule has 0 aromatic carbocycles. The third kappa shape index (κ3) is 3.45. The van der Waals surface area contributed by atoms with Gasteiger partial charge in [0, 0.05) is 12.7 Å². The van der Waals surface area contributed by atoms with Gasteiger partial charge in [-0.3, -0.25) is 0 Å². The van der Waals surface area contributed by atoms with Crippen molar-refractivity contribution < 1.29 is 5.11 Å². The second kappa shape index (κ2) is 6.02. The van der Waals surface area contributed by atoms with Crippen LogP contribution in [0.25, 0.3) is 0 Å². The minimum atomic E-state index is -0.568. The van der Waals surface area contributed by atoms with Crippen LogP contribution in [-0.2, 0) is 0 Å². The van der Waals surface area contributed by atoms with E-state index in [2.05, 4.69) is 26.2 Å². The molecule has 0 unspecified atom stereocenters. The maximum atomic E-state index is 10.6. The van der Waals surface area contributed by atoms with E-state index in [0.29, 0.717) is 6.54 Å². The molecule has 0 amide bonds. The molecule has 1 aliphatic carbocycles. The molecule has 3 nitrogen and oxygen atoms in total. The van der Waals surface area contributed by atoms with Crippen molar-refractivity contribution in [2.75, 3.05) is 11.9 Å². The van der Waals surface area contributed by atoms with Crippen molar-refractivity contribution in [1.29, 1.82) is 0 Å². The highest BCUT2D eigenvalue weighted by molar-refractivity contribution is 9.10. The standard InChI is InChI=1S/C14H21BrN2O/c1-11-6-9-16-13(12(11)15)17-10-14(18)7-4-2-3-5-8-14/h6,9,18H,2-5,7-8,10H2,1H3,(H,16,17). The molecule has 1 aromatic heterocycles. The van der Waals surface area contributed by atoms with Crippen LogP contribution in [-0.4, -0.2) is 22.2 Å². The topological polar surface area (TPSA) is 45.2 Å². The predicted molar refractivity (Wildman–Crippen MR) is 77.8 cm³/mol. The Labute approximate surface area is 117 Å². The van der Waals surface area contributed by atoms with Crippen LogP contribution in [0.3, 0.4) is 0 Å². The third-order valence-corrected chi connectivity index (χ3v) is 4.70. The molecular formula is C14H21BrN2O. The quantitative estimate of drug-likeness (QED) is 0.837. The van der Waals surface area contributed by atoms with Crippen LogP contribution < -0.4 is 5.32 Å². The minimum absolute atomic E-state index is 0.568. The van der Waals surface area contributed by atoms with Gasteiger partial charge in [-0.15, -0.1) is 0 Å². The van der Waals surface area contributed by atoms with Gasteiger partial charge in [0.05, 0.1) is 10.1 Å². The van der Waals surface area contributed by atoms with Crippen LogP contribution in [0.15, 0.2) is 16.7 Å². The van der Waals surface area contributed by atoms with Crippen molar-refractivity contribution in [3.63, 3.8) is 0 Å². The Hall–Kier alpha value is -0.610. The van der Waals surface area contributed by atoms with Crippen molar-refractivity contribution in [1.82, 2.24) is 4.98 Å². The summed E-state index contributed by atoms with van der Waals surface area (Å²) < 4.78 is 0.988. The van der Waals surface area contributed by atoms with Crippen molar-refractivity contribution in [2.45, 2.75) is 51.0 Å². The number of aryl methyl sites for hydroxylation is 1. The molecule has 100 valence electrons. The first kappa shape index (κ1) is 13.8. The Kier molecular flexibility index (Phi) is 4.62. The van der Waals surface area contributed by atoms with Gasteiger partial charge in [-0.05, 0) is 47.3 Å². The number of aromatic nitrogens is 1. The van der Waals surface area contributed by atoms with Gasteiger partial charge < -0.3 is 10.4 Å². The van der Waals surface area contributed by atoms with Crippen molar-refractivity contribution in [3.05, 3.63) is 22.3 Å². The molecule has 0 saturated heterocycles. The fourth-order valence-corrected chi connectivity index (χ4v) is 2.85. The molecule has 1 saturated carbocycles. The number of halogens is 1. The summed E-state index contributed by atoms with van der Waals surface area (Å²) in [5, 5.41) is 13.9. The van der Waals surface area contributed by atoms with Crippen LogP contribution >= 0.6 is 15.9 Å². The zero-order chi connectivity index (χ0) is 13.0. The molecular weight excluding hydrogens is 292 g/mol. The molecule has 2 rings (SSSR count). The molecule has 1 fully saturated rings. The van der Waals surface area contributed by atoms with Crippen LogP contribution in [0, 0.1) is 6.92 Å². The number of hydrogen-bond acceptors (Lipinski definition) is 3. The van der Waals surface area contributed by atoms with Crippen LogP contribution in [0.1, 0.15) is 44.1 Å². The van der Waals surface area contributed by atoms with E-state index in [1.807, 2.05) is 13.0 Å². The number of nitrogens with zero attached hydrogens (tertiary/aromatic N) is 1. The van der Waals surface area contributed by atoms with Gasteiger partial charge in [-0.1, -0.05) is 25.7 Å². The molecule has 0 atom stereocenters. The van der Waals surface area contributed by atoms with Crippen LogP contribution in [0.4, 0.5) is 5.82 Å². The molecule has 4 heteroatoms. The molecule has 18 heavy (non-hydrogen) atoms. The van der Waals surface area contributed by atoms with E-state index in [1.165, 1.54) is 12.8 Å². The molecule has 0 bridgehead atoms. The predicted octanol–water partition coefficient (Wildman–Crippen LogP) is 3.65. The summed E-state index contributed by atoms with van der Waals surface area (Å²) in [7, 11) is 0. The number of aliphatic hydroxyl groups is 1. The smallest absolute Gasteiger partial charge is 0.140 e. The molecule has 1 aromatic rings. The highest BCUT2D eigenvalue weighted by Crippen LogP contribution is 2.29. The fourth-order valence-electron chi connectivity index (χ4n) is 2.48. The van der Waals surface area contributed by atoms with Gasteiger partial charge in [0.1, 0.15) is 5.82 Å². The molecule has 1 heterocycles.